The molecular weight excluding hydrogens is 364 g/mol. The Morgan fingerprint density at radius 2 is 1.76 bits per heavy atom. The maximum absolute atomic E-state index is 12.4. The molecule has 0 aliphatic rings. The highest BCUT2D eigenvalue weighted by atomic mass is 16.3. The summed E-state index contributed by atoms with van der Waals surface area (Å²) in [5, 5.41) is 10.1. The number of amides is 1. The van der Waals surface area contributed by atoms with Gasteiger partial charge in [-0.1, -0.05) is 42.5 Å². The van der Waals surface area contributed by atoms with Crippen molar-refractivity contribution in [3.05, 3.63) is 90.6 Å². The molecule has 0 aliphatic heterocycles. The molecule has 0 unspecified atom stereocenters. The average molecular weight is 380 g/mol. The van der Waals surface area contributed by atoms with Crippen LogP contribution in [-0.4, -0.2) is 21.1 Å². The third kappa shape index (κ3) is 3.27. The van der Waals surface area contributed by atoms with E-state index >= 15 is 0 Å². The summed E-state index contributed by atoms with van der Waals surface area (Å²) in [7, 11) is 0. The van der Waals surface area contributed by atoms with Crippen molar-refractivity contribution < 1.29 is 9.21 Å². The number of hydrogen-bond donors (Lipinski definition) is 2. The Morgan fingerprint density at radius 1 is 0.931 bits per heavy atom. The molecule has 29 heavy (non-hydrogen) atoms. The van der Waals surface area contributed by atoms with Crippen LogP contribution in [0.4, 0.5) is 5.69 Å². The molecule has 5 aromatic rings. The second-order valence-electron chi connectivity index (χ2n) is 6.55. The summed E-state index contributed by atoms with van der Waals surface area (Å²) in [6.45, 7) is 0. The highest BCUT2D eigenvalue weighted by Crippen LogP contribution is 2.32. The van der Waals surface area contributed by atoms with Gasteiger partial charge in [-0.2, -0.15) is 5.10 Å². The maximum Gasteiger partial charge on any atom is 0.255 e. The number of hydrogen-bond acceptors (Lipinski definition) is 4. The predicted molar refractivity (Wildman–Crippen MR) is 111 cm³/mol. The van der Waals surface area contributed by atoms with Crippen molar-refractivity contribution in [3.63, 3.8) is 0 Å². The Bertz CT molecular complexity index is 1270. The molecule has 6 heteroatoms. The van der Waals surface area contributed by atoms with Crippen molar-refractivity contribution in [1.82, 2.24) is 15.2 Å². The van der Waals surface area contributed by atoms with E-state index in [2.05, 4.69) is 20.5 Å². The van der Waals surface area contributed by atoms with Crippen molar-refractivity contribution in [3.8, 4) is 22.7 Å². The van der Waals surface area contributed by atoms with Crippen LogP contribution in [0.15, 0.2) is 89.5 Å². The average Bonchev–Trinajstić information content (AvgIpc) is 3.41. The zero-order valence-electron chi connectivity index (χ0n) is 15.3. The van der Waals surface area contributed by atoms with Gasteiger partial charge in [0.2, 0.25) is 5.89 Å². The van der Waals surface area contributed by atoms with Gasteiger partial charge < -0.3 is 9.73 Å². The van der Waals surface area contributed by atoms with Crippen LogP contribution in [-0.2, 0) is 0 Å². The number of aromatic amines is 1. The minimum atomic E-state index is -0.161. The Balaban J connectivity index is 1.47. The van der Waals surface area contributed by atoms with E-state index in [9.17, 15) is 4.79 Å². The molecule has 0 saturated heterocycles. The fraction of sp³-hybridized carbons (Fsp3) is 0. The number of nitrogens with zero attached hydrogens (tertiary/aromatic N) is 2. The first kappa shape index (κ1) is 16.9. The number of fused-ring (bicyclic) bond motifs is 1. The van der Waals surface area contributed by atoms with E-state index < -0.39 is 0 Å². The normalized spacial score (nSPS) is 10.9. The summed E-state index contributed by atoms with van der Waals surface area (Å²) < 4.78 is 5.89. The molecule has 0 fully saturated rings. The molecule has 0 spiro atoms. The SMILES string of the molecule is O=C(Nc1cccc(-c2[nH]ncc2-c2nc3ccccc3o2)c1)c1ccccc1. The van der Waals surface area contributed by atoms with E-state index in [0.717, 1.165) is 27.9 Å². The zero-order valence-corrected chi connectivity index (χ0v) is 15.3. The molecule has 6 nitrogen and oxygen atoms in total. The third-order valence-electron chi connectivity index (χ3n) is 4.61. The number of H-pyrrole nitrogens is 1. The predicted octanol–water partition coefficient (Wildman–Crippen LogP) is 5.14. The van der Waals surface area contributed by atoms with Gasteiger partial charge in [0.25, 0.3) is 5.91 Å². The largest absolute Gasteiger partial charge is 0.436 e. The van der Waals surface area contributed by atoms with Gasteiger partial charge in [-0.05, 0) is 36.4 Å². The van der Waals surface area contributed by atoms with Crippen LogP contribution in [0.25, 0.3) is 33.8 Å². The summed E-state index contributed by atoms with van der Waals surface area (Å²) in [6.07, 6.45) is 1.69. The zero-order chi connectivity index (χ0) is 19.6. The Kier molecular flexibility index (Phi) is 4.14. The molecule has 0 radical (unpaired) electrons. The van der Waals surface area contributed by atoms with Crippen LogP contribution < -0.4 is 5.32 Å². The number of anilines is 1. The Hall–Kier alpha value is -4.19. The van der Waals surface area contributed by atoms with E-state index in [1.165, 1.54) is 0 Å². The van der Waals surface area contributed by atoms with E-state index in [1.807, 2.05) is 66.7 Å². The number of para-hydroxylation sites is 2. The number of benzene rings is 3. The molecule has 0 saturated carbocycles. The van der Waals surface area contributed by atoms with Gasteiger partial charge in [-0.25, -0.2) is 4.98 Å². The molecule has 3 aromatic carbocycles. The second-order valence-corrected chi connectivity index (χ2v) is 6.55. The van der Waals surface area contributed by atoms with Gasteiger partial charge in [0, 0.05) is 16.8 Å². The van der Waals surface area contributed by atoms with E-state index in [1.54, 1.807) is 18.3 Å². The lowest BCUT2D eigenvalue weighted by atomic mass is 10.1. The van der Waals surface area contributed by atoms with Crippen molar-refractivity contribution in [2.45, 2.75) is 0 Å². The van der Waals surface area contributed by atoms with Gasteiger partial charge in [-0.3, -0.25) is 9.89 Å². The summed E-state index contributed by atoms with van der Waals surface area (Å²) in [6, 6.07) is 24.3. The van der Waals surface area contributed by atoms with Crippen LogP contribution in [0.1, 0.15) is 10.4 Å². The van der Waals surface area contributed by atoms with Gasteiger partial charge in [0.1, 0.15) is 5.52 Å². The number of aromatic nitrogens is 3. The van der Waals surface area contributed by atoms with Crippen LogP contribution in [0.5, 0.6) is 0 Å². The van der Waals surface area contributed by atoms with Gasteiger partial charge >= 0.3 is 0 Å². The molecular formula is C23H16N4O2. The fourth-order valence-electron chi connectivity index (χ4n) is 3.20. The quantitative estimate of drug-likeness (QED) is 0.452. The first-order chi connectivity index (χ1) is 14.3. The summed E-state index contributed by atoms with van der Waals surface area (Å²) in [5.41, 5.74) is 5.20. The van der Waals surface area contributed by atoms with Gasteiger partial charge in [0.05, 0.1) is 17.5 Å². The number of rotatable bonds is 4. The molecule has 2 heterocycles. The Labute approximate surface area is 166 Å². The molecule has 0 aliphatic carbocycles. The van der Waals surface area contributed by atoms with Crippen molar-refractivity contribution >= 4 is 22.7 Å². The lowest BCUT2D eigenvalue weighted by molar-refractivity contribution is 0.102. The molecule has 2 N–H and O–H groups in total. The number of carbonyl (C=O) groups is 1. The summed E-state index contributed by atoms with van der Waals surface area (Å²) in [5.74, 6) is 0.334. The highest BCUT2D eigenvalue weighted by molar-refractivity contribution is 6.04. The summed E-state index contributed by atoms with van der Waals surface area (Å²) >= 11 is 0. The van der Waals surface area contributed by atoms with Crippen molar-refractivity contribution in [1.29, 1.82) is 0 Å². The lowest BCUT2D eigenvalue weighted by Crippen LogP contribution is -2.11. The van der Waals surface area contributed by atoms with E-state index in [0.29, 0.717) is 17.1 Å². The van der Waals surface area contributed by atoms with Crippen molar-refractivity contribution in [2.24, 2.45) is 0 Å². The third-order valence-corrected chi connectivity index (χ3v) is 4.61. The minimum Gasteiger partial charge on any atom is -0.436 e. The first-order valence-corrected chi connectivity index (χ1v) is 9.14. The fourth-order valence-corrected chi connectivity index (χ4v) is 3.20. The van der Waals surface area contributed by atoms with E-state index in [-0.39, 0.29) is 5.91 Å². The topological polar surface area (TPSA) is 83.8 Å². The van der Waals surface area contributed by atoms with Gasteiger partial charge in [-0.15, -0.1) is 0 Å². The molecule has 140 valence electrons. The van der Waals surface area contributed by atoms with E-state index in [4.69, 9.17) is 4.42 Å². The number of oxazole rings is 1. The Morgan fingerprint density at radius 3 is 2.62 bits per heavy atom. The maximum atomic E-state index is 12.4. The summed E-state index contributed by atoms with van der Waals surface area (Å²) in [4.78, 5) is 17.0. The number of nitrogens with one attached hydrogen (secondary N) is 2. The van der Waals surface area contributed by atoms with Gasteiger partial charge in [0.15, 0.2) is 5.58 Å². The van der Waals surface area contributed by atoms with Crippen LogP contribution in [0.2, 0.25) is 0 Å². The lowest BCUT2D eigenvalue weighted by Gasteiger charge is -2.07. The van der Waals surface area contributed by atoms with Crippen LogP contribution >= 0.6 is 0 Å². The first-order valence-electron chi connectivity index (χ1n) is 9.14. The standard InChI is InChI=1S/C23H16N4O2/c28-22(15-7-2-1-3-8-15)25-17-10-6-9-16(13-17)21-18(14-24-27-21)23-26-19-11-4-5-12-20(19)29-23/h1-14H,(H,24,27)(H,25,28). The molecule has 0 bridgehead atoms. The molecule has 2 aromatic heterocycles. The highest BCUT2D eigenvalue weighted by Gasteiger charge is 2.16. The molecule has 5 rings (SSSR count). The van der Waals surface area contributed by atoms with Crippen LogP contribution in [0, 0.1) is 0 Å². The van der Waals surface area contributed by atoms with Crippen molar-refractivity contribution in [2.75, 3.05) is 5.32 Å². The molecule has 1 amide bonds. The van der Waals surface area contributed by atoms with Crippen LogP contribution in [0.3, 0.4) is 0 Å². The number of carbonyl (C=O) groups excluding carboxylic acids is 1. The smallest absolute Gasteiger partial charge is 0.255 e. The monoisotopic (exact) mass is 380 g/mol. The second kappa shape index (κ2) is 7.09. The molecule has 0 atom stereocenters. The minimum absolute atomic E-state index is 0.161.